The molecule has 2 aromatic heterocycles. The number of carbonyl (C=O) groups is 2. The van der Waals surface area contributed by atoms with E-state index in [9.17, 15) is 9.59 Å². The lowest BCUT2D eigenvalue weighted by Crippen LogP contribution is -2.38. The first kappa shape index (κ1) is 23.7. The Hall–Kier alpha value is -3.00. The minimum absolute atomic E-state index is 0.0263. The molecule has 1 saturated carbocycles. The maximum absolute atomic E-state index is 15.1. The standard InChI is InChI=1S/C26H29ClFN5O2/c1-3-18-14-21(26(35)32-12-6-4-5-7-15(32)2)30-24-22(27)23(31-33(18)24)19-11-10-17(13-20(19)28)29-25(34)16-8-9-16/h10-11,13-16H,3-9,12H2,1-2H3,(H,29,34). The molecule has 1 N–H and O–H groups in total. The van der Waals surface area contributed by atoms with Crippen molar-refractivity contribution in [3.63, 3.8) is 0 Å². The predicted octanol–water partition coefficient (Wildman–Crippen LogP) is 5.50. The van der Waals surface area contributed by atoms with Crippen molar-refractivity contribution in [2.24, 2.45) is 5.92 Å². The molecule has 7 nitrogen and oxygen atoms in total. The van der Waals surface area contributed by atoms with Crippen molar-refractivity contribution >= 4 is 34.7 Å². The van der Waals surface area contributed by atoms with Gasteiger partial charge in [0.2, 0.25) is 5.91 Å². The summed E-state index contributed by atoms with van der Waals surface area (Å²) in [7, 11) is 0. The minimum atomic E-state index is -0.545. The van der Waals surface area contributed by atoms with E-state index < -0.39 is 5.82 Å². The molecule has 1 atom stereocenters. The van der Waals surface area contributed by atoms with Crippen molar-refractivity contribution in [1.82, 2.24) is 19.5 Å². The van der Waals surface area contributed by atoms with E-state index in [2.05, 4.69) is 22.3 Å². The number of carbonyl (C=O) groups excluding carboxylic acids is 2. The molecule has 35 heavy (non-hydrogen) atoms. The van der Waals surface area contributed by atoms with Gasteiger partial charge in [-0.2, -0.15) is 5.10 Å². The summed E-state index contributed by atoms with van der Waals surface area (Å²) in [5.74, 6) is -0.719. The van der Waals surface area contributed by atoms with Gasteiger partial charge in [0.25, 0.3) is 5.91 Å². The van der Waals surface area contributed by atoms with Gasteiger partial charge in [-0.25, -0.2) is 13.9 Å². The Morgan fingerprint density at radius 2 is 1.97 bits per heavy atom. The van der Waals surface area contributed by atoms with Crippen molar-refractivity contribution in [3.05, 3.63) is 46.5 Å². The highest BCUT2D eigenvalue weighted by Crippen LogP contribution is 2.35. The van der Waals surface area contributed by atoms with Crippen molar-refractivity contribution in [3.8, 4) is 11.3 Å². The average Bonchev–Trinajstić information content (AvgIpc) is 3.67. The van der Waals surface area contributed by atoms with Gasteiger partial charge in [0.05, 0.1) is 0 Å². The van der Waals surface area contributed by atoms with Gasteiger partial charge in [-0.15, -0.1) is 0 Å². The van der Waals surface area contributed by atoms with Crippen molar-refractivity contribution in [2.75, 3.05) is 11.9 Å². The average molecular weight is 498 g/mol. The van der Waals surface area contributed by atoms with Crippen LogP contribution in [0.3, 0.4) is 0 Å². The molecular formula is C26H29ClFN5O2. The van der Waals surface area contributed by atoms with Crippen LogP contribution in [0.25, 0.3) is 16.9 Å². The van der Waals surface area contributed by atoms with E-state index in [0.29, 0.717) is 30.0 Å². The molecule has 2 amide bonds. The fourth-order valence-corrected chi connectivity index (χ4v) is 4.95. The van der Waals surface area contributed by atoms with Crippen LogP contribution in [0.2, 0.25) is 5.02 Å². The van der Waals surface area contributed by atoms with Crippen LogP contribution < -0.4 is 5.32 Å². The molecule has 2 aliphatic rings. The fourth-order valence-electron chi connectivity index (χ4n) is 4.68. The lowest BCUT2D eigenvalue weighted by atomic mass is 10.1. The van der Waals surface area contributed by atoms with E-state index in [1.807, 2.05) is 11.8 Å². The second-order valence-corrected chi connectivity index (χ2v) is 9.92. The van der Waals surface area contributed by atoms with Crippen LogP contribution in [0, 0.1) is 11.7 Å². The zero-order valence-electron chi connectivity index (χ0n) is 20.0. The number of likely N-dealkylation sites (tertiary alicyclic amines) is 1. The minimum Gasteiger partial charge on any atom is -0.335 e. The van der Waals surface area contributed by atoms with Crippen molar-refractivity contribution in [1.29, 1.82) is 0 Å². The molecule has 9 heteroatoms. The van der Waals surface area contributed by atoms with Crippen LogP contribution in [-0.4, -0.2) is 43.9 Å². The molecule has 0 radical (unpaired) electrons. The molecule has 1 aromatic carbocycles. The lowest BCUT2D eigenvalue weighted by Gasteiger charge is -2.27. The maximum atomic E-state index is 15.1. The van der Waals surface area contributed by atoms with Gasteiger partial charge in [-0.05, 0) is 63.3 Å². The number of aromatic nitrogens is 3. The van der Waals surface area contributed by atoms with Gasteiger partial charge in [-0.3, -0.25) is 9.59 Å². The fraction of sp³-hybridized carbons (Fsp3) is 0.462. The number of fused-ring (bicyclic) bond motifs is 1. The first-order chi connectivity index (χ1) is 16.9. The Morgan fingerprint density at radius 3 is 2.69 bits per heavy atom. The molecule has 1 aliphatic carbocycles. The molecule has 1 unspecified atom stereocenters. The number of nitrogens with zero attached hydrogens (tertiary/aromatic N) is 4. The predicted molar refractivity (Wildman–Crippen MR) is 133 cm³/mol. The number of hydrogen-bond acceptors (Lipinski definition) is 4. The zero-order valence-corrected chi connectivity index (χ0v) is 20.7. The molecule has 0 spiro atoms. The Labute approximate surface area is 208 Å². The van der Waals surface area contributed by atoms with E-state index in [0.717, 1.165) is 44.2 Å². The summed E-state index contributed by atoms with van der Waals surface area (Å²) in [6.45, 7) is 4.75. The normalized spacial score (nSPS) is 18.5. The zero-order chi connectivity index (χ0) is 24.7. The number of nitrogens with one attached hydrogen (secondary N) is 1. The third kappa shape index (κ3) is 4.63. The molecule has 2 fully saturated rings. The molecule has 1 aliphatic heterocycles. The number of halogens is 2. The number of amides is 2. The number of hydrogen-bond donors (Lipinski definition) is 1. The molecule has 184 valence electrons. The summed E-state index contributed by atoms with van der Waals surface area (Å²) in [4.78, 5) is 31.9. The largest absolute Gasteiger partial charge is 0.335 e. The quantitative estimate of drug-likeness (QED) is 0.504. The summed E-state index contributed by atoms with van der Waals surface area (Å²) in [5.41, 5.74) is 2.28. The molecule has 5 rings (SSSR count). The van der Waals surface area contributed by atoms with Crippen LogP contribution in [-0.2, 0) is 11.2 Å². The second-order valence-electron chi connectivity index (χ2n) is 9.54. The Bertz CT molecular complexity index is 1300. The van der Waals surface area contributed by atoms with Crippen LogP contribution in [0.15, 0.2) is 24.3 Å². The first-order valence-electron chi connectivity index (χ1n) is 12.4. The topological polar surface area (TPSA) is 79.6 Å². The van der Waals surface area contributed by atoms with E-state index in [-0.39, 0.29) is 40.1 Å². The molecule has 3 heterocycles. The van der Waals surface area contributed by atoms with E-state index in [1.54, 1.807) is 22.7 Å². The number of aryl methyl sites for hydroxylation is 1. The van der Waals surface area contributed by atoms with Gasteiger partial charge >= 0.3 is 0 Å². The Balaban J connectivity index is 1.50. The van der Waals surface area contributed by atoms with Crippen LogP contribution in [0.5, 0.6) is 0 Å². The summed E-state index contributed by atoms with van der Waals surface area (Å²) in [5, 5.41) is 7.49. The van der Waals surface area contributed by atoms with Crippen LogP contribution >= 0.6 is 11.6 Å². The van der Waals surface area contributed by atoms with Gasteiger partial charge in [0.15, 0.2) is 5.65 Å². The highest BCUT2D eigenvalue weighted by molar-refractivity contribution is 6.36. The third-order valence-corrected chi connectivity index (χ3v) is 7.29. The highest BCUT2D eigenvalue weighted by Gasteiger charge is 2.30. The summed E-state index contributed by atoms with van der Waals surface area (Å²) in [6.07, 6.45) is 6.53. The molecule has 3 aromatic rings. The number of rotatable bonds is 5. The van der Waals surface area contributed by atoms with Crippen molar-refractivity contribution in [2.45, 2.75) is 64.8 Å². The second kappa shape index (κ2) is 9.57. The first-order valence-corrected chi connectivity index (χ1v) is 12.7. The molecule has 0 bridgehead atoms. The highest BCUT2D eigenvalue weighted by atomic mass is 35.5. The number of anilines is 1. The maximum Gasteiger partial charge on any atom is 0.272 e. The van der Waals surface area contributed by atoms with E-state index in [4.69, 9.17) is 11.6 Å². The van der Waals surface area contributed by atoms with Gasteiger partial charge < -0.3 is 10.2 Å². The molecule has 1 saturated heterocycles. The third-order valence-electron chi connectivity index (χ3n) is 6.94. The van der Waals surface area contributed by atoms with Crippen molar-refractivity contribution < 1.29 is 14.0 Å². The van der Waals surface area contributed by atoms with Gasteiger partial charge in [0.1, 0.15) is 22.2 Å². The van der Waals surface area contributed by atoms with E-state index >= 15 is 4.39 Å². The van der Waals surface area contributed by atoms with Crippen LogP contribution in [0.4, 0.5) is 10.1 Å². The lowest BCUT2D eigenvalue weighted by molar-refractivity contribution is -0.117. The monoisotopic (exact) mass is 497 g/mol. The summed E-state index contributed by atoms with van der Waals surface area (Å²) >= 11 is 6.68. The summed E-state index contributed by atoms with van der Waals surface area (Å²) in [6, 6.07) is 6.38. The Kier molecular flexibility index (Phi) is 6.49. The van der Waals surface area contributed by atoms with Gasteiger partial charge in [0, 0.05) is 35.4 Å². The van der Waals surface area contributed by atoms with Gasteiger partial charge in [-0.1, -0.05) is 31.4 Å². The SMILES string of the molecule is CCc1cc(C(=O)N2CCCCCC2C)nc2c(Cl)c(-c3ccc(NC(=O)C4CC4)cc3F)nn12. The Morgan fingerprint density at radius 1 is 1.17 bits per heavy atom. The molecular weight excluding hydrogens is 469 g/mol. The van der Waals surface area contributed by atoms with Crippen LogP contribution in [0.1, 0.15) is 68.6 Å². The summed E-state index contributed by atoms with van der Waals surface area (Å²) < 4.78 is 16.7. The number of benzene rings is 1. The van der Waals surface area contributed by atoms with E-state index in [1.165, 1.54) is 6.07 Å². The smallest absolute Gasteiger partial charge is 0.272 e.